The molecule has 0 aromatic heterocycles. The molecule has 0 atom stereocenters. The molecule has 4 aliphatic heterocycles. The summed E-state index contributed by atoms with van der Waals surface area (Å²) >= 11 is 1.95. The van der Waals surface area contributed by atoms with Crippen molar-refractivity contribution in [2.24, 2.45) is 0 Å². The van der Waals surface area contributed by atoms with E-state index in [1.165, 1.54) is 144 Å². The van der Waals surface area contributed by atoms with Crippen molar-refractivity contribution in [1.29, 1.82) is 0 Å². The highest BCUT2D eigenvalue weighted by molar-refractivity contribution is 7.99. The van der Waals surface area contributed by atoms with Crippen LogP contribution in [0, 0.1) is 0 Å². The van der Waals surface area contributed by atoms with Crippen LogP contribution >= 0.6 is 11.8 Å². The van der Waals surface area contributed by atoms with E-state index in [4.69, 9.17) is 0 Å². The van der Waals surface area contributed by atoms with Gasteiger partial charge in [-0.05, 0) is 150 Å². The molecule has 0 saturated heterocycles. The molecule has 0 unspecified atom stereocenters. The molecule has 0 amide bonds. The molecule has 10 aromatic carbocycles. The minimum Gasteiger partial charge on any atom is -0.376 e. The zero-order chi connectivity index (χ0) is 50.1. The Morgan fingerprint density at radius 3 is 1.80 bits per heavy atom. The Balaban J connectivity index is 1.09. The maximum Gasteiger partial charge on any atom is 0.333 e. The number of fused-ring (bicyclic) bond motifs is 19. The maximum atomic E-state index is 2.82. The fourth-order valence-electron chi connectivity index (χ4n) is 15.1. The van der Waals surface area contributed by atoms with Gasteiger partial charge in [0.15, 0.2) is 0 Å². The quantitative estimate of drug-likeness (QED) is 0.159. The number of nitrogens with zero attached hydrogens (tertiary/aromatic N) is 2. The van der Waals surface area contributed by atoms with Gasteiger partial charge >= 0.3 is 6.85 Å². The molecule has 0 fully saturated rings. The smallest absolute Gasteiger partial charge is 0.333 e. The first kappa shape index (κ1) is 43.6. The second-order valence-corrected chi connectivity index (χ2v) is 24.0. The summed E-state index contributed by atoms with van der Waals surface area (Å²) in [6, 6.07) is 80.3. The van der Waals surface area contributed by atoms with Crippen molar-refractivity contribution in [3.63, 3.8) is 0 Å². The molecule has 358 valence electrons. The number of benzene rings is 10. The fourth-order valence-corrected chi connectivity index (χ4v) is 16.6. The van der Waals surface area contributed by atoms with E-state index in [1.807, 2.05) is 11.8 Å². The van der Waals surface area contributed by atoms with Crippen molar-refractivity contribution in [1.82, 2.24) is 0 Å². The number of unbranched alkanes of at least 4 members (excludes halogenated alkanes) is 1. The van der Waals surface area contributed by atoms with Crippen LogP contribution in [0.4, 0.5) is 28.4 Å². The Hall–Kier alpha value is -7.79. The van der Waals surface area contributed by atoms with Crippen LogP contribution in [0.1, 0.15) is 97.5 Å². The molecule has 0 radical (unpaired) electrons. The highest BCUT2D eigenvalue weighted by Gasteiger charge is 2.57. The van der Waals surface area contributed by atoms with Gasteiger partial charge in [0.25, 0.3) is 0 Å². The van der Waals surface area contributed by atoms with Gasteiger partial charge in [0.1, 0.15) is 0 Å². The highest BCUT2D eigenvalue weighted by Crippen LogP contribution is 2.67. The van der Waals surface area contributed by atoms with Gasteiger partial charge in [0.05, 0.1) is 11.1 Å². The van der Waals surface area contributed by atoms with Crippen LogP contribution in [-0.2, 0) is 22.7 Å². The summed E-state index contributed by atoms with van der Waals surface area (Å²) in [7, 11) is 0. The van der Waals surface area contributed by atoms with Crippen LogP contribution in [-0.4, -0.2) is 6.85 Å². The van der Waals surface area contributed by atoms with Gasteiger partial charge in [0, 0.05) is 54.5 Å². The maximum absolute atomic E-state index is 2.82. The molecule has 2 aliphatic carbocycles. The molecule has 2 nitrogen and oxygen atoms in total. The topological polar surface area (TPSA) is 6.48 Å². The van der Waals surface area contributed by atoms with Crippen molar-refractivity contribution < 1.29 is 0 Å². The Morgan fingerprint density at radius 1 is 0.427 bits per heavy atom. The van der Waals surface area contributed by atoms with Gasteiger partial charge in [-0.25, -0.2) is 0 Å². The third kappa shape index (κ3) is 5.53. The standard InChI is InChI=1S/C71H55BN2S/c1-6-7-22-43-37-38-59(49(39-43)44-23-9-8-10-24-44)73-61-40-56-64(75-63-36-20-18-33-54(63)70(56,4)5)42-58(61)72-67-62(73)41-57-65(47-27-13-14-29-50(47)69(57,2)3)66(67)48-28-21-34-55-68(48)74(72)60-35-19-17-32-53(60)71(55)51-30-15-11-25-45(51)46-26-12-16-31-52(46)71/h8-21,23-42H,6-7,22H2,1-5H3. The molecule has 4 heterocycles. The van der Waals surface area contributed by atoms with Crippen LogP contribution in [0.25, 0.3) is 44.5 Å². The molecule has 16 rings (SSSR count). The summed E-state index contributed by atoms with van der Waals surface area (Å²) in [4.78, 5) is 8.23. The summed E-state index contributed by atoms with van der Waals surface area (Å²) in [5.41, 5.74) is 30.9. The Labute approximate surface area is 445 Å². The van der Waals surface area contributed by atoms with Crippen molar-refractivity contribution in [3.8, 4) is 44.5 Å². The number of anilines is 5. The molecular weight excluding hydrogens is 924 g/mol. The van der Waals surface area contributed by atoms with E-state index < -0.39 is 5.41 Å². The summed E-state index contributed by atoms with van der Waals surface area (Å²) in [6.45, 7) is 12.0. The van der Waals surface area contributed by atoms with E-state index >= 15 is 0 Å². The number of rotatable bonds is 5. The van der Waals surface area contributed by atoms with E-state index in [1.54, 1.807) is 0 Å². The van der Waals surface area contributed by atoms with Crippen molar-refractivity contribution in [2.45, 2.75) is 79.9 Å². The number of hydrogen-bond acceptors (Lipinski definition) is 3. The molecule has 75 heavy (non-hydrogen) atoms. The van der Waals surface area contributed by atoms with E-state index in [0.717, 1.165) is 19.3 Å². The van der Waals surface area contributed by atoms with Crippen LogP contribution in [0.15, 0.2) is 216 Å². The monoisotopic (exact) mass is 978 g/mol. The zero-order valence-electron chi connectivity index (χ0n) is 43.1. The molecule has 4 heteroatoms. The molecular formula is C71H55BN2S. The fraction of sp³-hybridized carbons (Fsp3) is 0.155. The number of para-hydroxylation sites is 2. The Morgan fingerprint density at radius 2 is 1.04 bits per heavy atom. The van der Waals surface area contributed by atoms with Crippen molar-refractivity contribution in [3.05, 3.63) is 256 Å². The van der Waals surface area contributed by atoms with Gasteiger partial charge in [-0.1, -0.05) is 217 Å². The zero-order valence-corrected chi connectivity index (χ0v) is 43.9. The van der Waals surface area contributed by atoms with Gasteiger partial charge in [-0.3, -0.25) is 0 Å². The first-order valence-electron chi connectivity index (χ1n) is 27.2. The van der Waals surface area contributed by atoms with Gasteiger partial charge in [0.2, 0.25) is 0 Å². The molecule has 0 N–H and O–H groups in total. The molecule has 6 aliphatic rings. The summed E-state index contributed by atoms with van der Waals surface area (Å²) < 4.78 is 0. The second kappa shape index (κ2) is 15.4. The normalized spacial score (nSPS) is 16.1. The summed E-state index contributed by atoms with van der Waals surface area (Å²) in [5, 5.41) is 0. The van der Waals surface area contributed by atoms with Crippen molar-refractivity contribution in [2.75, 3.05) is 9.71 Å². The molecule has 0 bridgehead atoms. The minimum atomic E-state index is -0.534. The lowest BCUT2D eigenvalue weighted by molar-refractivity contribution is 0.608. The average molecular weight is 979 g/mol. The van der Waals surface area contributed by atoms with Gasteiger partial charge in [-0.2, -0.15) is 0 Å². The lowest BCUT2D eigenvalue weighted by atomic mass is 9.41. The minimum absolute atomic E-state index is 0.156. The molecule has 0 saturated carbocycles. The van der Waals surface area contributed by atoms with Gasteiger partial charge < -0.3 is 9.71 Å². The lowest BCUT2D eigenvalue weighted by Crippen LogP contribution is -2.63. The van der Waals surface area contributed by atoms with E-state index in [2.05, 4.69) is 251 Å². The van der Waals surface area contributed by atoms with Gasteiger partial charge in [-0.15, -0.1) is 0 Å². The summed E-state index contributed by atoms with van der Waals surface area (Å²) in [6.07, 6.45) is 3.37. The van der Waals surface area contributed by atoms with Crippen LogP contribution in [0.3, 0.4) is 0 Å². The summed E-state index contributed by atoms with van der Waals surface area (Å²) in [5.74, 6) is 0. The predicted octanol–water partition coefficient (Wildman–Crippen LogP) is 17.2. The molecule has 1 spiro atoms. The van der Waals surface area contributed by atoms with E-state index in [0.29, 0.717) is 0 Å². The lowest BCUT2D eigenvalue weighted by Gasteiger charge is -2.53. The SMILES string of the molecule is CCCCc1ccc(N2c3cc4c(cc3B3c5c2cc2c(c5-c5cccc6c5N3c3ccccc3C63c5ccccc5-c5ccccc53)-c3ccccc3C2(C)C)Sc2ccccc2C4(C)C)c(-c2ccccc2)c1. The Kier molecular flexibility index (Phi) is 8.95. The highest BCUT2D eigenvalue weighted by atomic mass is 32.2. The largest absolute Gasteiger partial charge is 0.376 e. The number of aryl methyl sites for hydroxylation is 1. The van der Waals surface area contributed by atoms with Crippen LogP contribution < -0.4 is 20.6 Å². The first-order valence-corrected chi connectivity index (χ1v) is 28.0. The first-order chi connectivity index (χ1) is 36.7. The van der Waals surface area contributed by atoms with Crippen LogP contribution in [0.5, 0.6) is 0 Å². The third-order valence-corrected chi connectivity index (χ3v) is 19.6. The number of hydrogen-bond donors (Lipinski definition) is 0. The second-order valence-electron chi connectivity index (χ2n) is 22.9. The van der Waals surface area contributed by atoms with Crippen molar-refractivity contribution >= 4 is 58.0 Å². The van der Waals surface area contributed by atoms with E-state index in [9.17, 15) is 0 Å². The third-order valence-electron chi connectivity index (χ3n) is 18.5. The predicted molar refractivity (Wildman–Crippen MR) is 315 cm³/mol. The average Bonchev–Trinajstić information content (AvgIpc) is 4.14. The van der Waals surface area contributed by atoms with Crippen LogP contribution in [0.2, 0.25) is 0 Å². The Bertz CT molecular complexity index is 4080. The molecule has 10 aromatic rings. The van der Waals surface area contributed by atoms with E-state index in [-0.39, 0.29) is 17.7 Å².